The summed E-state index contributed by atoms with van der Waals surface area (Å²) in [4.78, 5) is 4.16. The molecule has 0 bridgehead atoms. The molecule has 1 saturated heterocycles. The molecular weight excluding hydrogens is 274 g/mol. The molecule has 0 aliphatic carbocycles. The second-order valence-electron chi connectivity index (χ2n) is 5.19. The SMILES string of the molecule is CC1CN(S(=O)(=O)c2cncc(C#CCN)c2)CC1C. The fourth-order valence-corrected chi connectivity index (χ4v) is 3.83. The Kier molecular flexibility index (Phi) is 4.43. The zero-order valence-corrected chi connectivity index (χ0v) is 12.5. The van der Waals surface area contributed by atoms with Crippen LogP contribution in [-0.4, -0.2) is 37.3 Å². The van der Waals surface area contributed by atoms with E-state index in [1.807, 2.05) is 0 Å². The maximum absolute atomic E-state index is 12.6. The van der Waals surface area contributed by atoms with E-state index in [-0.39, 0.29) is 11.4 Å². The smallest absolute Gasteiger partial charge is 0.244 e. The van der Waals surface area contributed by atoms with Gasteiger partial charge in [0.2, 0.25) is 10.0 Å². The quantitative estimate of drug-likeness (QED) is 0.813. The largest absolute Gasteiger partial charge is 0.320 e. The monoisotopic (exact) mass is 293 g/mol. The van der Waals surface area contributed by atoms with Crippen molar-refractivity contribution in [1.29, 1.82) is 0 Å². The van der Waals surface area contributed by atoms with Crippen molar-refractivity contribution in [3.8, 4) is 11.8 Å². The topological polar surface area (TPSA) is 76.3 Å². The van der Waals surface area contributed by atoms with E-state index < -0.39 is 10.0 Å². The van der Waals surface area contributed by atoms with Gasteiger partial charge >= 0.3 is 0 Å². The lowest BCUT2D eigenvalue weighted by Crippen LogP contribution is -2.29. The molecule has 0 amide bonds. The van der Waals surface area contributed by atoms with Gasteiger partial charge in [0.25, 0.3) is 0 Å². The van der Waals surface area contributed by atoms with E-state index in [0.717, 1.165) is 0 Å². The fourth-order valence-electron chi connectivity index (χ4n) is 2.20. The number of hydrogen-bond donors (Lipinski definition) is 1. The van der Waals surface area contributed by atoms with Gasteiger partial charge in [0.05, 0.1) is 6.54 Å². The minimum Gasteiger partial charge on any atom is -0.320 e. The van der Waals surface area contributed by atoms with Gasteiger partial charge in [0, 0.05) is 31.0 Å². The molecule has 1 aliphatic heterocycles. The van der Waals surface area contributed by atoms with Gasteiger partial charge in [-0.3, -0.25) is 4.98 Å². The van der Waals surface area contributed by atoms with E-state index in [4.69, 9.17) is 5.73 Å². The number of rotatable bonds is 2. The fraction of sp³-hybridized carbons (Fsp3) is 0.500. The van der Waals surface area contributed by atoms with Crippen LogP contribution in [0.5, 0.6) is 0 Å². The highest BCUT2D eigenvalue weighted by Gasteiger charge is 2.35. The van der Waals surface area contributed by atoms with Crippen molar-refractivity contribution in [1.82, 2.24) is 9.29 Å². The molecule has 2 unspecified atom stereocenters. The molecule has 0 aromatic carbocycles. The van der Waals surface area contributed by atoms with Crippen LogP contribution in [0.15, 0.2) is 23.4 Å². The average molecular weight is 293 g/mol. The molecule has 108 valence electrons. The summed E-state index contributed by atoms with van der Waals surface area (Å²) in [5.41, 5.74) is 5.88. The molecule has 0 saturated carbocycles. The number of hydrogen-bond acceptors (Lipinski definition) is 4. The van der Waals surface area contributed by atoms with Crippen molar-refractivity contribution >= 4 is 10.0 Å². The van der Waals surface area contributed by atoms with Crippen LogP contribution < -0.4 is 5.73 Å². The van der Waals surface area contributed by atoms with Gasteiger partial charge < -0.3 is 5.73 Å². The standard InChI is InChI=1S/C14H19N3O2S/c1-11-9-17(10-12(11)2)20(18,19)14-6-13(4-3-5-15)7-16-8-14/h6-8,11-12H,5,9-10,15H2,1-2H3. The summed E-state index contributed by atoms with van der Waals surface area (Å²) in [7, 11) is -3.48. The Morgan fingerprint density at radius 2 is 2.00 bits per heavy atom. The van der Waals surface area contributed by atoms with Crippen molar-refractivity contribution in [3.05, 3.63) is 24.0 Å². The number of aromatic nitrogens is 1. The molecule has 0 spiro atoms. The first-order valence-electron chi connectivity index (χ1n) is 6.59. The van der Waals surface area contributed by atoms with Crippen molar-refractivity contribution in [2.24, 2.45) is 17.6 Å². The van der Waals surface area contributed by atoms with Crippen molar-refractivity contribution in [3.63, 3.8) is 0 Å². The lowest BCUT2D eigenvalue weighted by molar-refractivity contribution is 0.463. The molecule has 1 aromatic heterocycles. The summed E-state index contributed by atoms with van der Waals surface area (Å²) >= 11 is 0. The highest BCUT2D eigenvalue weighted by atomic mass is 32.2. The van der Waals surface area contributed by atoms with Crippen molar-refractivity contribution in [2.75, 3.05) is 19.6 Å². The molecule has 2 rings (SSSR count). The van der Waals surface area contributed by atoms with Gasteiger partial charge in [-0.05, 0) is 17.9 Å². The predicted molar refractivity (Wildman–Crippen MR) is 77.3 cm³/mol. The van der Waals surface area contributed by atoms with Gasteiger partial charge in [-0.2, -0.15) is 4.31 Å². The zero-order valence-electron chi connectivity index (χ0n) is 11.7. The number of nitrogens with zero attached hydrogens (tertiary/aromatic N) is 2. The Morgan fingerprint density at radius 1 is 1.35 bits per heavy atom. The highest BCUT2D eigenvalue weighted by Crippen LogP contribution is 2.27. The molecule has 0 radical (unpaired) electrons. The number of nitrogens with two attached hydrogens (primary N) is 1. The van der Waals surface area contributed by atoms with E-state index in [2.05, 4.69) is 30.7 Å². The third-order valence-corrected chi connectivity index (χ3v) is 5.44. The summed E-state index contributed by atoms with van der Waals surface area (Å²) in [5.74, 6) is 6.25. The molecule has 5 nitrogen and oxygen atoms in total. The number of pyridine rings is 1. The maximum Gasteiger partial charge on any atom is 0.244 e. The summed E-state index contributed by atoms with van der Waals surface area (Å²) < 4.78 is 26.7. The minimum absolute atomic E-state index is 0.197. The van der Waals surface area contributed by atoms with E-state index in [0.29, 0.717) is 30.5 Å². The Labute approximate surface area is 120 Å². The second kappa shape index (κ2) is 5.92. The Bertz CT molecular complexity index is 636. The van der Waals surface area contributed by atoms with Gasteiger partial charge in [0.1, 0.15) is 4.90 Å². The Hall–Kier alpha value is -1.42. The van der Waals surface area contributed by atoms with Gasteiger partial charge in [0.15, 0.2) is 0 Å². The molecule has 2 N–H and O–H groups in total. The lowest BCUT2D eigenvalue weighted by Gasteiger charge is -2.15. The Morgan fingerprint density at radius 3 is 2.60 bits per heavy atom. The minimum atomic E-state index is -3.48. The van der Waals surface area contributed by atoms with E-state index in [1.165, 1.54) is 16.7 Å². The zero-order chi connectivity index (χ0) is 14.8. The van der Waals surface area contributed by atoms with Crippen LogP contribution in [0.3, 0.4) is 0 Å². The third kappa shape index (κ3) is 3.01. The summed E-state index contributed by atoms with van der Waals surface area (Å²) in [6.45, 7) is 5.49. The van der Waals surface area contributed by atoms with Crippen molar-refractivity contribution in [2.45, 2.75) is 18.7 Å². The predicted octanol–water partition coefficient (Wildman–Crippen LogP) is 0.668. The first-order valence-corrected chi connectivity index (χ1v) is 8.03. The number of sulfonamides is 1. The molecule has 20 heavy (non-hydrogen) atoms. The van der Waals surface area contributed by atoms with Crippen LogP contribution >= 0.6 is 0 Å². The summed E-state index contributed by atoms with van der Waals surface area (Å²) in [5, 5.41) is 0. The van der Waals surface area contributed by atoms with Gasteiger partial charge in [-0.25, -0.2) is 8.42 Å². The molecule has 1 aromatic rings. The third-order valence-electron chi connectivity index (χ3n) is 3.64. The average Bonchev–Trinajstić information content (AvgIpc) is 2.77. The second-order valence-corrected chi connectivity index (χ2v) is 7.13. The molecule has 2 atom stereocenters. The van der Waals surface area contributed by atoms with Crippen LogP contribution in [0.25, 0.3) is 0 Å². The lowest BCUT2D eigenvalue weighted by atomic mass is 10.0. The van der Waals surface area contributed by atoms with Gasteiger partial charge in [-0.1, -0.05) is 25.7 Å². The maximum atomic E-state index is 12.6. The van der Waals surface area contributed by atoms with Crippen LogP contribution in [-0.2, 0) is 10.0 Å². The van der Waals surface area contributed by atoms with Crippen LogP contribution in [0.1, 0.15) is 19.4 Å². The van der Waals surface area contributed by atoms with E-state index in [9.17, 15) is 8.42 Å². The summed E-state index contributed by atoms with van der Waals surface area (Å²) in [6.07, 6.45) is 2.91. The first kappa shape index (κ1) is 15.0. The van der Waals surface area contributed by atoms with Crippen LogP contribution in [0.4, 0.5) is 0 Å². The molecule has 6 heteroatoms. The van der Waals surface area contributed by atoms with E-state index >= 15 is 0 Å². The summed E-state index contributed by atoms with van der Waals surface area (Å²) in [6, 6.07) is 1.55. The first-order chi connectivity index (χ1) is 9.45. The van der Waals surface area contributed by atoms with E-state index in [1.54, 1.807) is 6.07 Å². The molecule has 1 fully saturated rings. The highest BCUT2D eigenvalue weighted by molar-refractivity contribution is 7.89. The Balaban J connectivity index is 2.31. The van der Waals surface area contributed by atoms with Crippen LogP contribution in [0.2, 0.25) is 0 Å². The molecule has 1 aliphatic rings. The van der Waals surface area contributed by atoms with Crippen LogP contribution in [0, 0.1) is 23.7 Å². The van der Waals surface area contributed by atoms with Crippen molar-refractivity contribution < 1.29 is 8.42 Å². The normalized spacial score (nSPS) is 23.4. The molecular formula is C14H19N3O2S. The molecule has 2 heterocycles. The van der Waals surface area contributed by atoms with Gasteiger partial charge in [-0.15, -0.1) is 0 Å².